The number of rotatable bonds is 1. The highest BCUT2D eigenvalue weighted by Gasteiger charge is 2.08. The molecule has 0 atom stereocenters. The van der Waals surface area contributed by atoms with Crippen molar-refractivity contribution in [2.24, 2.45) is 0 Å². The van der Waals surface area contributed by atoms with E-state index in [2.05, 4.69) is 15.2 Å². The molecule has 0 fully saturated rings. The molecule has 62 valence electrons. The van der Waals surface area contributed by atoms with Crippen molar-refractivity contribution >= 4 is 22.9 Å². The molecule has 0 bridgehead atoms. The van der Waals surface area contributed by atoms with Crippen molar-refractivity contribution in [2.75, 3.05) is 0 Å². The molecular weight excluding hydrogens is 198 g/mol. The molecule has 2 heterocycles. The summed E-state index contributed by atoms with van der Waals surface area (Å²) >= 11 is 6.97. The number of hydrogen-bond acceptors (Lipinski definition) is 5. The molecule has 0 aromatic carbocycles. The van der Waals surface area contributed by atoms with Gasteiger partial charge in [0.15, 0.2) is 4.47 Å². The van der Waals surface area contributed by atoms with Crippen molar-refractivity contribution in [3.8, 4) is 11.6 Å². The molecule has 0 saturated heterocycles. The molecule has 0 radical (unpaired) electrons. The zero-order valence-corrected chi connectivity index (χ0v) is 7.69. The summed E-state index contributed by atoms with van der Waals surface area (Å²) in [6, 6.07) is 0. The van der Waals surface area contributed by atoms with E-state index < -0.39 is 0 Å². The molecule has 0 spiro atoms. The molecule has 0 aliphatic rings. The van der Waals surface area contributed by atoms with Crippen molar-refractivity contribution in [1.29, 1.82) is 0 Å². The first-order valence-electron chi connectivity index (χ1n) is 3.17. The van der Waals surface area contributed by atoms with Crippen LogP contribution in [0.1, 0.15) is 5.89 Å². The van der Waals surface area contributed by atoms with Gasteiger partial charge < -0.3 is 4.42 Å². The Labute approximate surface area is 77.2 Å². The second-order valence-corrected chi connectivity index (χ2v) is 3.55. The molecule has 0 unspecified atom stereocenters. The molecule has 0 amide bonds. The normalized spacial score (nSPS) is 10.5. The Hall–Kier alpha value is -0.940. The third-order valence-corrected chi connectivity index (χ3v) is 2.20. The Morgan fingerprint density at radius 1 is 1.50 bits per heavy atom. The molecule has 0 saturated carbocycles. The summed E-state index contributed by atoms with van der Waals surface area (Å²) in [4.78, 5) is 3.98. The van der Waals surface area contributed by atoms with Crippen LogP contribution in [0.3, 0.4) is 0 Å². The number of aromatic nitrogens is 3. The first-order valence-corrected chi connectivity index (χ1v) is 4.43. The zero-order chi connectivity index (χ0) is 8.55. The Balaban J connectivity index is 2.43. The SMILES string of the molecule is Cc1nnc(-c2csc(Cl)n2)o1. The van der Waals surface area contributed by atoms with Crippen molar-refractivity contribution in [3.63, 3.8) is 0 Å². The van der Waals surface area contributed by atoms with Gasteiger partial charge in [0.25, 0.3) is 5.89 Å². The lowest BCUT2D eigenvalue weighted by Crippen LogP contribution is -1.75. The summed E-state index contributed by atoms with van der Waals surface area (Å²) in [6.45, 7) is 1.73. The van der Waals surface area contributed by atoms with Gasteiger partial charge in [-0.15, -0.1) is 21.5 Å². The van der Waals surface area contributed by atoms with E-state index in [0.717, 1.165) is 0 Å². The Morgan fingerprint density at radius 2 is 2.33 bits per heavy atom. The van der Waals surface area contributed by atoms with Crippen molar-refractivity contribution < 1.29 is 4.42 Å². The highest BCUT2D eigenvalue weighted by molar-refractivity contribution is 7.14. The first kappa shape index (κ1) is 7.70. The summed E-state index contributed by atoms with van der Waals surface area (Å²) < 4.78 is 5.62. The van der Waals surface area contributed by atoms with E-state index in [4.69, 9.17) is 16.0 Å². The van der Waals surface area contributed by atoms with Crippen LogP contribution in [0.4, 0.5) is 0 Å². The lowest BCUT2D eigenvalue weighted by Gasteiger charge is -1.82. The predicted octanol–water partition coefficient (Wildman–Crippen LogP) is 2.15. The minimum atomic E-state index is 0.413. The minimum Gasteiger partial charge on any atom is -0.420 e. The van der Waals surface area contributed by atoms with Gasteiger partial charge in [-0.2, -0.15) is 0 Å². The molecule has 0 aliphatic heterocycles. The van der Waals surface area contributed by atoms with Crippen molar-refractivity contribution in [3.05, 3.63) is 15.7 Å². The third-order valence-electron chi connectivity index (χ3n) is 1.22. The Kier molecular flexibility index (Phi) is 1.82. The summed E-state index contributed by atoms with van der Waals surface area (Å²) in [7, 11) is 0. The van der Waals surface area contributed by atoms with E-state index in [1.807, 2.05) is 0 Å². The third kappa shape index (κ3) is 1.33. The molecule has 0 N–H and O–H groups in total. The first-order chi connectivity index (χ1) is 5.75. The largest absolute Gasteiger partial charge is 0.420 e. The highest BCUT2D eigenvalue weighted by atomic mass is 35.5. The molecule has 4 nitrogen and oxygen atoms in total. The van der Waals surface area contributed by atoms with Crippen LogP contribution < -0.4 is 0 Å². The number of hydrogen-bond donors (Lipinski definition) is 0. The zero-order valence-electron chi connectivity index (χ0n) is 6.11. The van der Waals surface area contributed by atoms with E-state index in [1.54, 1.807) is 12.3 Å². The smallest absolute Gasteiger partial charge is 0.267 e. The second-order valence-electron chi connectivity index (χ2n) is 2.11. The molecule has 2 rings (SSSR count). The van der Waals surface area contributed by atoms with E-state index >= 15 is 0 Å². The van der Waals surface area contributed by atoms with Crippen LogP contribution >= 0.6 is 22.9 Å². The molecule has 2 aromatic heterocycles. The fraction of sp³-hybridized carbons (Fsp3) is 0.167. The van der Waals surface area contributed by atoms with Gasteiger partial charge in [-0.05, 0) is 0 Å². The average Bonchev–Trinajstić information content (AvgIpc) is 2.58. The van der Waals surface area contributed by atoms with Gasteiger partial charge in [0.2, 0.25) is 5.89 Å². The monoisotopic (exact) mass is 201 g/mol. The predicted molar refractivity (Wildman–Crippen MR) is 45.2 cm³/mol. The van der Waals surface area contributed by atoms with Crippen LogP contribution in [-0.4, -0.2) is 15.2 Å². The van der Waals surface area contributed by atoms with E-state index in [9.17, 15) is 0 Å². The maximum absolute atomic E-state index is 5.63. The van der Waals surface area contributed by atoms with Crippen LogP contribution in [0.2, 0.25) is 4.47 Å². The maximum Gasteiger partial charge on any atom is 0.267 e. The molecule has 12 heavy (non-hydrogen) atoms. The van der Waals surface area contributed by atoms with Crippen LogP contribution in [-0.2, 0) is 0 Å². The fourth-order valence-corrected chi connectivity index (χ4v) is 1.49. The highest BCUT2D eigenvalue weighted by Crippen LogP contribution is 2.23. The van der Waals surface area contributed by atoms with Gasteiger partial charge in [-0.25, -0.2) is 4.98 Å². The van der Waals surface area contributed by atoms with E-state index in [-0.39, 0.29) is 0 Å². The Bertz CT molecular complexity index is 359. The van der Waals surface area contributed by atoms with E-state index in [0.29, 0.717) is 21.9 Å². The summed E-state index contributed by atoms with van der Waals surface area (Å²) in [5.41, 5.74) is 0.630. The molecule has 0 aliphatic carbocycles. The van der Waals surface area contributed by atoms with Gasteiger partial charge >= 0.3 is 0 Å². The average molecular weight is 202 g/mol. The van der Waals surface area contributed by atoms with Crippen molar-refractivity contribution in [1.82, 2.24) is 15.2 Å². The summed E-state index contributed by atoms with van der Waals surface area (Å²) in [5.74, 6) is 0.935. The Morgan fingerprint density at radius 3 is 2.83 bits per heavy atom. The van der Waals surface area contributed by atoms with Gasteiger partial charge in [0.1, 0.15) is 5.69 Å². The number of nitrogens with zero attached hydrogens (tertiary/aromatic N) is 3. The molecule has 6 heteroatoms. The number of aryl methyl sites for hydroxylation is 1. The van der Waals surface area contributed by atoms with Crippen LogP contribution in [0.15, 0.2) is 9.80 Å². The van der Waals surface area contributed by atoms with Crippen LogP contribution in [0, 0.1) is 6.92 Å². The van der Waals surface area contributed by atoms with Gasteiger partial charge in [-0.1, -0.05) is 11.6 Å². The lowest BCUT2D eigenvalue weighted by molar-refractivity contribution is 0.531. The topological polar surface area (TPSA) is 51.8 Å². The lowest BCUT2D eigenvalue weighted by atomic mass is 10.5. The van der Waals surface area contributed by atoms with Crippen LogP contribution in [0.25, 0.3) is 11.6 Å². The molecular formula is C6H4ClN3OS. The number of halogens is 1. The van der Waals surface area contributed by atoms with Crippen molar-refractivity contribution in [2.45, 2.75) is 6.92 Å². The van der Waals surface area contributed by atoms with Gasteiger partial charge in [0, 0.05) is 12.3 Å². The summed E-state index contributed by atoms with van der Waals surface area (Å²) in [6.07, 6.45) is 0. The second kappa shape index (κ2) is 2.84. The number of thiazole rings is 1. The van der Waals surface area contributed by atoms with E-state index in [1.165, 1.54) is 11.3 Å². The summed E-state index contributed by atoms with van der Waals surface area (Å²) in [5, 5.41) is 9.25. The minimum absolute atomic E-state index is 0.413. The quantitative estimate of drug-likeness (QED) is 0.710. The van der Waals surface area contributed by atoms with Gasteiger partial charge in [-0.3, -0.25) is 0 Å². The fourth-order valence-electron chi connectivity index (χ4n) is 0.750. The van der Waals surface area contributed by atoms with Gasteiger partial charge in [0.05, 0.1) is 0 Å². The standard InChI is InChI=1S/C6H4ClN3OS/c1-3-9-10-5(11-3)4-2-12-6(7)8-4/h2H,1H3. The van der Waals surface area contributed by atoms with Crippen LogP contribution in [0.5, 0.6) is 0 Å². The maximum atomic E-state index is 5.63. The molecule has 2 aromatic rings.